The molecule has 1 fully saturated rings. The molecule has 2 aromatic heterocycles. The average molecular weight is 554 g/mol. The van der Waals surface area contributed by atoms with Gasteiger partial charge in [0.25, 0.3) is 0 Å². The van der Waals surface area contributed by atoms with Crippen molar-refractivity contribution in [2.45, 2.75) is 44.6 Å². The Labute approximate surface area is 221 Å². The second kappa shape index (κ2) is 12.7. The van der Waals surface area contributed by atoms with E-state index in [-0.39, 0.29) is 17.9 Å². The highest BCUT2D eigenvalue weighted by Gasteiger charge is 2.38. The van der Waals surface area contributed by atoms with Gasteiger partial charge >= 0.3 is 12.1 Å². The number of aliphatic carboxylic acids is 1. The number of nitrogens with one attached hydrogen (secondary N) is 3. The molecule has 3 aromatic rings. The van der Waals surface area contributed by atoms with Crippen LogP contribution in [0.15, 0.2) is 54.9 Å². The Morgan fingerprint density at radius 2 is 1.87 bits per heavy atom. The summed E-state index contributed by atoms with van der Waals surface area (Å²) in [6, 6.07) is 13.1. The van der Waals surface area contributed by atoms with E-state index in [0.717, 1.165) is 30.6 Å². The lowest BCUT2D eigenvalue weighted by Gasteiger charge is -2.17. The zero-order valence-corrected chi connectivity index (χ0v) is 21.1. The van der Waals surface area contributed by atoms with E-state index in [0.29, 0.717) is 17.6 Å². The molecule has 0 bridgehead atoms. The largest absolute Gasteiger partial charge is 0.490 e. The van der Waals surface area contributed by atoms with Crippen molar-refractivity contribution in [3.63, 3.8) is 0 Å². The number of aromatic nitrogens is 2. The molecule has 1 aromatic carbocycles. The molecule has 1 saturated heterocycles. The first-order chi connectivity index (χ1) is 17.9. The first-order valence-corrected chi connectivity index (χ1v) is 12.1. The minimum atomic E-state index is -5.08. The van der Waals surface area contributed by atoms with E-state index in [9.17, 15) is 22.8 Å². The maximum atomic E-state index is 12.6. The van der Waals surface area contributed by atoms with Crippen LogP contribution in [0.5, 0.6) is 0 Å². The van der Waals surface area contributed by atoms with Crippen molar-refractivity contribution in [1.82, 2.24) is 25.3 Å². The van der Waals surface area contributed by atoms with Crippen molar-refractivity contribution in [1.29, 1.82) is 0 Å². The van der Waals surface area contributed by atoms with Gasteiger partial charge in [-0.15, -0.1) is 0 Å². The molecule has 3 heterocycles. The van der Waals surface area contributed by atoms with Crippen LogP contribution in [0.4, 0.5) is 13.2 Å². The molecule has 0 saturated carbocycles. The normalized spacial score (nSPS) is 17.8. The molecule has 1 aliphatic heterocycles. The van der Waals surface area contributed by atoms with Crippen LogP contribution < -0.4 is 16.0 Å². The van der Waals surface area contributed by atoms with Gasteiger partial charge < -0.3 is 21.1 Å². The summed E-state index contributed by atoms with van der Waals surface area (Å²) in [5.41, 5.74) is 2.91. The lowest BCUT2D eigenvalue weighted by atomic mass is 9.96. The highest BCUT2D eigenvalue weighted by Crippen LogP contribution is 2.19. The number of halogens is 4. The predicted molar refractivity (Wildman–Crippen MR) is 133 cm³/mol. The van der Waals surface area contributed by atoms with E-state index in [1.807, 2.05) is 36.5 Å². The minimum Gasteiger partial charge on any atom is -0.475 e. The van der Waals surface area contributed by atoms with Crippen molar-refractivity contribution in [2.24, 2.45) is 5.92 Å². The first kappa shape index (κ1) is 28.9. The van der Waals surface area contributed by atoms with Gasteiger partial charge in [0.05, 0.1) is 12.2 Å². The molecule has 13 heteroatoms. The highest BCUT2D eigenvalue weighted by atomic mass is 35.5. The average Bonchev–Trinajstić information content (AvgIpc) is 3.49. The van der Waals surface area contributed by atoms with Crippen LogP contribution in [-0.4, -0.2) is 57.1 Å². The van der Waals surface area contributed by atoms with Crippen molar-refractivity contribution in [3.8, 4) is 0 Å². The third-order valence-corrected chi connectivity index (χ3v) is 6.17. The Hall–Kier alpha value is -3.64. The van der Waals surface area contributed by atoms with E-state index >= 15 is 0 Å². The number of nitrogens with zero attached hydrogens (tertiary/aromatic N) is 2. The Bertz CT molecular complexity index is 1270. The monoisotopic (exact) mass is 553 g/mol. The van der Waals surface area contributed by atoms with E-state index in [2.05, 4.69) is 33.1 Å². The van der Waals surface area contributed by atoms with E-state index in [1.54, 1.807) is 17.5 Å². The number of carbonyl (C=O) groups excluding carboxylic acids is 2. The number of rotatable bonds is 7. The summed E-state index contributed by atoms with van der Waals surface area (Å²) in [5.74, 6) is -2.71. The molecule has 3 atom stereocenters. The number of amides is 2. The molecule has 0 radical (unpaired) electrons. The summed E-state index contributed by atoms with van der Waals surface area (Å²) in [6.07, 6.45) is 0.0432. The molecule has 0 spiro atoms. The van der Waals surface area contributed by atoms with Gasteiger partial charge in [0.15, 0.2) is 0 Å². The number of pyridine rings is 1. The number of alkyl halides is 3. The van der Waals surface area contributed by atoms with Gasteiger partial charge in [0.2, 0.25) is 11.8 Å². The van der Waals surface area contributed by atoms with Crippen LogP contribution in [0.1, 0.15) is 24.5 Å². The van der Waals surface area contributed by atoms with Gasteiger partial charge in [-0.3, -0.25) is 14.0 Å². The number of hydrogen-bond donors (Lipinski definition) is 4. The topological polar surface area (TPSA) is 125 Å². The van der Waals surface area contributed by atoms with Gasteiger partial charge in [0, 0.05) is 12.7 Å². The summed E-state index contributed by atoms with van der Waals surface area (Å²) >= 11 is 6.09. The summed E-state index contributed by atoms with van der Waals surface area (Å²) in [4.78, 5) is 38.1. The molecule has 0 aliphatic carbocycles. The quantitative estimate of drug-likeness (QED) is 0.357. The maximum absolute atomic E-state index is 12.6. The van der Waals surface area contributed by atoms with Crippen molar-refractivity contribution < 1.29 is 32.7 Å². The standard InChI is InChI=1S/C23H26ClN5O2.C2HF3O2/c1-15(22(30)27-11-17-7-8-21-26-13-20(24)29(21)14-17)28-23(31)19-10-18(12-25-19)9-16-5-3-2-4-6-16;3-2(4,5)1(6)7/h2-8,13-15,18-19,25H,9-12H2,1H3,(H,27,30)(H,28,31);(H,6,7)/t15?,18-,19+;/m0./s1. The molecule has 4 N–H and O–H groups in total. The van der Waals surface area contributed by atoms with Gasteiger partial charge in [-0.25, -0.2) is 9.78 Å². The molecule has 4 rings (SSSR count). The second-order valence-corrected chi connectivity index (χ2v) is 9.24. The summed E-state index contributed by atoms with van der Waals surface area (Å²) in [7, 11) is 0. The van der Waals surface area contributed by atoms with Gasteiger partial charge in [-0.2, -0.15) is 13.2 Å². The van der Waals surface area contributed by atoms with Crippen molar-refractivity contribution in [2.75, 3.05) is 6.54 Å². The molecule has 1 aliphatic rings. The van der Waals surface area contributed by atoms with Crippen LogP contribution in [0.3, 0.4) is 0 Å². The third kappa shape index (κ3) is 8.18. The van der Waals surface area contributed by atoms with E-state index in [4.69, 9.17) is 21.5 Å². The number of hydrogen-bond acceptors (Lipinski definition) is 5. The summed E-state index contributed by atoms with van der Waals surface area (Å²) in [5, 5.41) is 16.6. The summed E-state index contributed by atoms with van der Waals surface area (Å²) in [6.45, 7) is 2.83. The molecule has 204 valence electrons. The number of fused-ring (bicyclic) bond motifs is 1. The first-order valence-electron chi connectivity index (χ1n) is 11.7. The number of imidazole rings is 1. The van der Waals surface area contributed by atoms with E-state index in [1.165, 1.54) is 5.56 Å². The summed E-state index contributed by atoms with van der Waals surface area (Å²) < 4.78 is 33.5. The van der Waals surface area contributed by atoms with Crippen LogP contribution in [0.25, 0.3) is 5.65 Å². The Kier molecular flexibility index (Phi) is 9.70. The van der Waals surface area contributed by atoms with Gasteiger partial charge in [-0.1, -0.05) is 48.0 Å². The zero-order chi connectivity index (χ0) is 27.9. The van der Waals surface area contributed by atoms with Gasteiger partial charge in [0.1, 0.15) is 16.8 Å². The van der Waals surface area contributed by atoms with Crippen LogP contribution in [0, 0.1) is 5.92 Å². The Balaban J connectivity index is 0.000000505. The Morgan fingerprint density at radius 1 is 1.18 bits per heavy atom. The fraction of sp³-hybridized carbons (Fsp3) is 0.360. The van der Waals surface area contributed by atoms with Crippen molar-refractivity contribution in [3.05, 3.63) is 71.1 Å². The molecule has 1 unspecified atom stereocenters. The Morgan fingerprint density at radius 3 is 2.53 bits per heavy atom. The van der Waals surface area contributed by atoms with E-state index < -0.39 is 18.2 Å². The smallest absolute Gasteiger partial charge is 0.475 e. The highest BCUT2D eigenvalue weighted by molar-refractivity contribution is 6.29. The van der Waals surface area contributed by atoms with Crippen LogP contribution >= 0.6 is 11.6 Å². The lowest BCUT2D eigenvalue weighted by molar-refractivity contribution is -0.192. The molecule has 2 amide bonds. The third-order valence-electron chi connectivity index (χ3n) is 5.89. The lowest BCUT2D eigenvalue weighted by Crippen LogP contribution is -2.49. The molecular weight excluding hydrogens is 527 g/mol. The second-order valence-electron chi connectivity index (χ2n) is 8.85. The van der Waals surface area contributed by atoms with Gasteiger partial charge in [-0.05, 0) is 49.4 Å². The van der Waals surface area contributed by atoms with Crippen molar-refractivity contribution >= 4 is 35.0 Å². The number of benzene rings is 1. The van der Waals surface area contributed by atoms with Crippen LogP contribution in [-0.2, 0) is 27.3 Å². The predicted octanol–water partition coefficient (Wildman–Crippen LogP) is 2.96. The number of carboxylic acid groups (broad SMARTS) is 1. The fourth-order valence-corrected chi connectivity index (χ4v) is 4.12. The minimum absolute atomic E-state index is 0.134. The van der Waals surface area contributed by atoms with Crippen LogP contribution in [0.2, 0.25) is 5.15 Å². The molecule has 9 nitrogen and oxygen atoms in total. The molecule has 38 heavy (non-hydrogen) atoms. The fourth-order valence-electron chi connectivity index (χ4n) is 3.93. The SMILES string of the molecule is CC(NC(=O)[C@H]1C[C@H](Cc2ccccc2)CN1)C(=O)NCc1ccc2ncc(Cl)n2c1.O=C(O)C(F)(F)F. The zero-order valence-electron chi connectivity index (χ0n) is 20.3. The molecular formula is C25H27ClF3N5O4. The number of carbonyl (C=O) groups is 3. The number of carboxylic acids is 1. The maximum Gasteiger partial charge on any atom is 0.490 e.